The van der Waals surface area contributed by atoms with Gasteiger partial charge in [0.05, 0.1) is 58.5 Å². The van der Waals surface area contributed by atoms with Gasteiger partial charge in [-0.2, -0.15) is 0 Å². The second-order valence-corrected chi connectivity index (χ2v) is 6.75. The molecule has 0 radical (unpaired) electrons. The number of hydrogen-bond acceptors (Lipinski definition) is 11. The lowest BCUT2D eigenvalue weighted by Crippen LogP contribution is -2.27. The average Bonchev–Trinajstić information content (AvgIpc) is 2.75. The smallest absolute Gasteiger partial charge is 0.335 e. The van der Waals surface area contributed by atoms with Crippen molar-refractivity contribution >= 4 is 35.8 Å². The number of rotatable bonds is 19. The van der Waals surface area contributed by atoms with Crippen molar-refractivity contribution in [3.05, 3.63) is 0 Å². The van der Waals surface area contributed by atoms with Crippen LogP contribution in [0, 0.1) is 0 Å². The Labute approximate surface area is 189 Å². The van der Waals surface area contributed by atoms with Crippen LogP contribution in [0.4, 0.5) is 0 Å². The molecule has 0 fully saturated rings. The summed E-state index contributed by atoms with van der Waals surface area (Å²) in [6.45, 7) is 0.000170. The molecule has 0 spiro atoms. The van der Waals surface area contributed by atoms with E-state index in [9.17, 15) is 33.9 Å². The quantitative estimate of drug-likeness (QED) is 0.129. The van der Waals surface area contributed by atoms with Crippen molar-refractivity contribution in [3.8, 4) is 0 Å². The predicted molar refractivity (Wildman–Crippen MR) is 107 cm³/mol. The van der Waals surface area contributed by atoms with E-state index in [4.69, 9.17) is 29.2 Å². The third kappa shape index (κ3) is 19.2. The van der Waals surface area contributed by atoms with Gasteiger partial charge in [0.15, 0.2) is 6.10 Å². The first-order valence-electron chi connectivity index (χ1n) is 10.4. The molecule has 0 rings (SSSR count). The summed E-state index contributed by atoms with van der Waals surface area (Å²) in [7, 11) is 0. The molecule has 0 aromatic rings. The van der Waals surface area contributed by atoms with Gasteiger partial charge in [-0.25, -0.2) is 4.79 Å². The van der Waals surface area contributed by atoms with Gasteiger partial charge in [0.25, 0.3) is 0 Å². The fourth-order valence-electron chi connectivity index (χ4n) is 2.10. The van der Waals surface area contributed by atoms with Crippen LogP contribution in [0.25, 0.3) is 0 Å². The fraction of sp³-hybridized carbons (Fsp3) is 0.700. The Balaban J connectivity index is 3.70. The summed E-state index contributed by atoms with van der Waals surface area (Å²) in [5, 5.41) is 26.5. The first kappa shape index (κ1) is 29.8. The SMILES string of the molecule is O=C(O)CCC(=O)OCCCCOC(=O)CC(O)C(=O)OCCCCOC(=O)CCC(=O)O. The van der Waals surface area contributed by atoms with Gasteiger partial charge in [-0.1, -0.05) is 0 Å². The number of unbranched alkanes of at least 4 members (excludes halogenated alkanes) is 2. The van der Waals surface area contributed by atoms with Crippen molar-refractivity contribution in [3.63, 3.8) is 0 Å². The topological polar surface area (TPSA) is 200 Å². The van der Waals surface area contributed by atoms with E-state index in [1.807, 2.05) is 0 Å². The summed E-state index contributed by atoms with van der Waals surface area (Å²) >= 11 is 0. The number of hydrogen-bond donors (Lipinski definition) is 3. The van der Waals surface area contributed by atoms with Crippen molar-refractivity contribution in [2.75, 3.05) is 26.4 Å². The zero-order valence-corrected chi connectivity index (χ0v) is 18.2. The molecule has 13 nitrogen and oxygen atoms in total. The molecule has 0 saturated carbocycles. The number of aliphatic hydroxyl groups is 1. The minimum atomic E-state index is -1.69. The van der Waals surface area contributed by atoms with Crippen molar-refractivity contribution in [2.45, 2.75) is 63.9 Å². The van der Waals surface area contributed by atoms with Crippen LogP contribution < -0.4 is 0 Å². The van der Waals surface area contributed by atoms with Crippen LogP contribution in [-0.2, 0) is 47.7 Å². The third-order valence-electron chi connectivity index (χ3n) is 3.83. The summed E-state index contributed by atoms with van der Waals surface area (Å²) in [5.74, 6) is -5.29. The van der Waals surface area contributed by atoms with Gasteiger partial charge in [-0.3, -0.25) is 24.0 Å². The summed E-state index contributed by atoms with van der Waals surface area (Å²) in [6, 6.07) is 0. The van der Waals surface area contributed by atoms with E-state index < -0.39 is 48.3 Å². The zero-order chi connectivity index (χ0) is 25.1. The van der Waals surface area contributed by atoms with Crippen molar-refractivity contribution in [1.82, 2.24) is 0 Å². The summed E-state index contributed by atoms with van der Waals surface area (Å²) in [6.07, 6.45) is -1.93. The first-order valence-corrected chi connectivity index (χ1v) is 10.4. The van der Waals surface area contributed by atoms with Gasteiger partial charge in [0, 0.05) is 0 Å². The molecule has 0 aliphatic carbocycles. The maximum Gasteiger partial charge on any atom is 0.335 e. The largest absolute Gasteiger partial charge is 0.481 e. The number of carbonyl (C=O) groups is 6. The van der Waals surface area contributed by atoms with E-state index in [1.54, 1.807) is 0 Å². The van der Waals surface area contributed by atoms with E-state index in [0.717, 1.165) is 0 Å². The highest BCUT2D eigenvalue weighted by Crippen LogP contribution is 2.02. The minimum absolute atomic E-state index is 0.0154. The number of esters is 4. The molecular formula is C20H30O13. The van der Waals surface area contributed by atoms with E-state index in [-0.39, 0.29) is 52.1 Å². The number of carbonyl (C=O) groups excluding carboxylic acids is 4. The average molecular weight is 478 g/mol. The van der Waals surface area contributed by atoms with E-state index in [0.29, 0.717) is 25.7 Å². The van der Waals surface area contributed by atoms with Crippen molar-refractivity contribution < 1.29 is 63.0 Å². The lowest BCUT2D eigenvalue weighted by molar-refractivity contribution is -0.160. The molecule has 0 amide bonds. The van der Waals surface area contributed by atoms with Crippen LogP contribution in [0.15, 0.2) is 0 Å². The molecule has 1 atom stereocenters. The van der Waals surface area contributed by atoms with Crippen molar-refractivity contribution in [2.24, 2.45) is 0 Å². The normalized spacial score (nSPS) is 11.2. The van der Waals surface area contributed by atoms with Crippen LogP contribution in [0.1, 0.15) is 57.8 Å². The van der Waals surface area contributed by atoms with Gasteiger partial charge in [0.1, 0.15) is 0 Å². The Bertz CT molecular complexity index is 658. The molecule has 0 bridgehead atoms. The van der Waals surface area contributed by atoms with E-state index in [1.165, 1.54) is 0 Å². The summed E-state index contributed by atoms with van der Waals surface area (Å²) < 4.78 is 19.3. The monoisotopic (exact) mass is 478 g/mol. The molecule has 188 valence electrons. The molecule has 0 aromatic heterocycles. The van der Waals surface area contributed by atoms with Gasteiger partial charge in [-0.15, -0.1) is 0 Å². The Hall–Kier alpha value is -3.22. The fourth-order valence-corrected chi connectivity index (χ4v) is 2.10. The number of aliphatic hydroxyl groups excluding tert-OH is 1. The molecule has 3 N–H and O–H groups in total. The van der Waals surface area contributed by atoms with Crippen LogP contribution in [-0.4, -0.2) is 83.7 Å². The maximum absolute atomic E-state index is 11.6. The zero-order valence-electron chi connectivity index (χ0n) is 18.2. The summed E-state index contributed by atoms with van der Waals surface area (Å²) in [4.78, 5) is 66.3. The molecular weight excluding hydrogens is 448 g/mol. The highest BCUT2D eigenvalue weighted by atomic mass is 16.6. The number of aliphatic carboxylic acids is 2. The molecule has 0 aliphatic rings. The van der Waals surface area contributed by atoms with E-state index >= 15 is 0 Å². The predicted octanol–water partition coefficient (Wildman–Crippen LogP) is 0.200. The standard InChI is InChI=1S/C20H30O13/c21-14(20(29)33-12-4-3-10-31-18(27)8-6-16(24)25)13-19(28)32-11-2-1-9-30-17(26)7-5-15(22)23/h14,21H,1-13H2,(H,22,23)(H,24,25). The molecule has 1 unspecified atom stereocenters. The Morgan fingerprint density at radius 3 is 1.30 bits per heavy atom. The Kier molecular flexibility index (Phi) is 16.6. The van der Waals surface area contributed by atoms with Gasteiger partial charge < -0.3 is 34.3 Å². The minimum Gasteiger partial charge on any atom is -0.481 e. The van der Waals surface area contributed by atoms with E-state index in [2.05, 4.69) is 0 Å². The molecule has 0 aliphatic heterocycles. The summed E-state index contributed by atoms with van der Waals surface area (Å²) in [5.41, 5.74) is 0. The van der Waals surface area contributed by atoms with Crippen LogP contribution in [0.5, 0.6) is 0 Å². The number of carboxylic acids is 2. The third-order valence-corrected chi connectivity index (χ3v) is 3.83. The number of ether oxygens (including phenoxy) is 4. The molecule has 13 heteroatoms. The Morgan fingerprint density at radius 1 is 0.545 bits per heavy atom. The van der Waals surface area contributed by atoms with Crippen LogP contribution >= 0.6 is 0 Å². The van der Waals surface area contributed by atoms with Gasteiger partial charge in [-0.05, 0) is 25.7 Å². The second kappa shape index (κ2) is 18.4. The van der Waals surface area contributed by atoms with Gasteiger partial charge >= 0.3 is 35.8 Å². The first-order chi connectivity index (χ1) is 15.6. The van der Waals surface area contributed by atoms with Gasteiger partial charge in [0.2, 0.25) is 0 Å². The second-order valence-electron chi connectivity index (χ2n) is 6.75. The van der Waals surface area contributed by atoms with Crippen LogP contribution in [0.2, 0.25) is 0 Å². The molecule has 0 heterocycles. The molecule has 0 aromatic carbocycles. The number of carboxylic acid groups (broad SMARTS) is 2. The highest BCUT2D eigenvalue weighted by molar-refractivity contribution is 5.81. The molecule has 33 heavy (non-hydrogen) atoms. The van der Waals surface area contributed by atoms with Crippen molar-refractivity contribution in [1.29, 1.82) is 0 Å². The highest BCUT2D eigenvalue weighted by Gasteiger charge is 2.21. The molecule has 0 saturated heterocycles. The lowest BCUT2D eigenvalue weighted by atomic mass is 10.2. The lowest BCUT2D eigenvalue weighted by Gasteiger charge is -2.11. The maximum atomic E-state index is 11.6. The Morgan fingerprint density at radius 2 is 0.909 bits per heavy atom. The van der Waals surface area contributed by atoms with Crippen LogP contribution in [0.3, 0.4) is 0 Å².